The molecule has 6 heteroatoms. The standard InChI is InChI=1S/C18H21N3O3/c1-13-7-9-15(10-8-13)11-20(3)12-17(22)19-18-14(2)5-4-6-16(18)21(23)24/h4-10H,11-12H2,1-3H3,(H,19,22). The molecule has 0 unspecified atom stereocenters. The van der Waals surface area contributed by atoms with Crippen molar-refractivity contribution < 1.29 is 9.72 Å². The van der Waals surface area contributed by atoms with Crippen LogP contribution in [0, 0.1) is 24.0 Å². The van der Waals surface area contributed by atoms with Gasteiger partial charge in [-0.25, -0.2) is 0 Å². The number of carbonyl (C=O) groups is 1. The number of benzene rings is 2. The van der Waals surface area contributed by atoms with Crippen LogP contribution in [-0.4, -0.2) is 29.3 Å². The quantitative estimate of drug-likeness (QED) is 0.652. The number of nitro groups is 1. The molecule has 0 fully saturated rings. The molecule has 24 heavy (non-hydrogen) atoms. The first-order chi connectivity index (χ1) is 11.4. The predicted octanol–water partition coefficient (Wildman–Crippen LogP) is 3.28. The fourth-order valence-electron chi connectivity index (χ4n) is 2.45. The highest BCUT2D eigenvalue weighted by atomic mass is 16.6. The number of nitrogens with one attached hydrogen (secondary N) is 1. The highest BCUT2D eigenvalue weighted by molar-refractivity contribution is 5.95. The molecule has 0 saturated heterocycles. The van der Waals surface area contributed by atoms with E-state index in [0.29, 0.717) is 12.1 Å². The Kier molecular flexibility index (Phi) is 5.65. The number of likely N-dealkylation sites (N-methyl/N-ethyl adjacent to an activating group) is 1. The van der Waals surface area contributed by atoms with Gasteiger partial charge >= 0.3 is 0 Å². The van der Waals surface area contributed by atoms with Gasteiger partial charge in [-0.2, -0.15) is 0 Å². The van der Waals surface area contributed by atoms with Crippen LogP contribution in [0.4, 0.5) is 11.4 Å². The van der Waals surface area contributed by atoms with Gasteiger partial charge in [-0.3, -0.25) is 19.8 Å². The topological polar surface area (TPSA) is 75.5 Å². The van der Waals surface area contributed by atoms with Gasteiger partial charge in [0.05, 0.1) is 11.5 Å². The molecular formula is C18H21N3O3. The monoisotopic (exact) mass is 327 g/mol. The predicted molar refractivity (Wildman–Crippen MR) is 94.0 cm³/mol. The number of anilines is 1. The molecule has 6 nitrogen and oxygen atoms in total. The summed E-state index contributed by atoms with van der Waals surface area (Å²) in [5, 5.41) is 13.8. The Morgan fingerprint density at radius 3 is 2.46 bits per heavy atom. The van der Waals surface area contributed by atoms with Gasteiger partial charge in [-0.15, -0.1) is 0 Å². The molecule has 126 valence electrons. The van der Waals surface area contributed by atoms with Crippen molar-refractivity contribution in [2.45, 2.75) is 20.4 Å². The zero-order valence-electron chi connectivity index (χ0n) is 14.1. The number of hydrogen-bond acceptors (Lipinski definition) is 4. The fraction of sp³-hybridized carbons (Fsp3) is 0.278. The lowest BCUT2D eigenvalue weighted by Gasteiger charge is -2.17. The van der Waals surface area contributed by atoms with Gasteiger partial charge in [0, 0.05) is 12.6 Å². The molecule has 0 atom stereocenters. The Morgan fingerprint density at radius 1 is 1.17 bits per heavy atom. The third kappa shape index (κ3) is 4.63. The average Bonchev–Trinajstić information content (AvgIpc) is 2.51. The number of nitro benzene ring substituents is 1. The van der Waals surface area contributed by atoms with Crippen LogP contribution in [0.5, 0.6) is 0 Å². The number of carbonyl (C=O) groups excluding carboxylic acids is 1. The summed E-state index contributed by atoms with van der Waals surface area (Å²) in [6, 6.07) is 12.8. The van der Waals surface area contributed by atoms with Crippen molar-refractivity contribution in [2.24, 2.45) is 0 Å². The maximum atomic E-state index is 12.2. The van der Waals surface area contributed by atoms with Crippen molar-refractivity contribution in [1.82, 2.24) is 4.90 Å². The largest absolute Gasteiger partial charge is 0.319 e. The van der Waals surface area contributed by atoms with Crippen LogP contribution in [0.25, 0.3) is 0 Å². The summed E-state index contributed by atoms with van der Waals surface area (Å²) < 4.78 is 0. The summed E-state index contributed by atoms with van der Waals surface area (Å²) in [6.45, 7) is 4.54. The molecular weight excluding hydrogens is 306 g/mol. The summed E-state index contributed by atoms with van der Waals surface area (Å²) in [7, 11) is 1.84. The Hall–Kier alpha value is -2.73. The first-order valence-corrected chi connectivity index (χ1v) is 7.65. The van der Waals surface area contributed by atoms with Crippen LogP contribution in [0.15, 0.2) is 42.5 Å². The zero-order chi connectivity index (χ0) is 17.7. The van der Waals surface area contributed by atoms with E-state index in [2.05, 4.69) is 5.32 Å². The van der Waals surface area contributed by atoms with Crippen molar-refractivity contribution in [2.75, 3.05) is 18.9 Å². The van der Waals surface area contributed by atoms with Crippen molar-refractivity contribution >= 4 is 17.3 Å². The highest BCUT2D eigenvalue weighted by Gasteiger charge is 2.18. The van der Waals surface area contributed by atoms with Gasteiger partial charge in [-0.05, 0) is 32.0 Å². The van der Waals surface area contributed by atoms with Gasteiger partial charge in [0.15, 0.2) is 0 Å². The number of para-hydroxylation sites is 1. The van der Waals surface area contributed by atoms with E-state index in [1.165, 1.54) is 11.6 Å². The SMILES string of the molecule is Cc1ccc(CN(C)CC(=O)Nc2c(C)cccc2[N+](=O)[O-])cc1. The molecule has 0 aliphatic carbocycles. The lowest BCUT2D eigenvalue weighted by molar-refractivity contribution is -0.384. The zero-order valence-corrected chi connectivity index (χ0v) is 14.1. The van der Waals surface area contributed by atoms with Crippen molar-refractivity contribution in [3.63, 3.8) is 0 Å². The van der Waals surface area contributed by atoms with Gasteiger partial charge < -0.3 is 5.32 Å². The molecule has 2 rings (SSSR count). The Morgan fingerprint density at radius 2 is 1.83 bits per heavy atom. The van der Waals surface area contributed by atoms with Crippen LogP contribution >= 0.6 is 0 Å². The molecule has 0 heterocycles. The van der Waals surface area contributed by atoms with Crippen molar-refractivity contribution in [1.29, 1.82) is 0 Å². The third-order valence-corrected chi connectivity index (χ3v) is 3.70. The molecule has 2 aromatic rings. The van der Waals surface area contributed by atoms with Gasteiger partial charge in [-0.1, -0.05) is 42.0 Å². The van der Waals surface area contributed by atoms with E-state index in [1.807, 2.05) is 43.1 Å². The maximum Gasteiger partial charge on any atom is 0.293 e. The van der Waals surface area contributed by atoms with Crippen LogP contribution in [0.3, 0.4) is 0 Å². The molecule has 0 aliphatic rings. The van der Waals surface area contributed by atoms with Crippen LogP contribution in [0.2, 0.25) is 0 Å². The summed E-state index contributed by atoms with van der Waals surface area (Å²) >= 11 is 0. The normalized spacial score (nSPS) is 10.7. The second kappa shape index (κ2) is 7.70. The molecule has 1 amide bonds. The third-order valence-electron chi connectivity index (χ3n) is 3.70. The minimum Gasteiger partial charge on any atom is -0.319 e. The number of rotatable bonds is 6. The molecule has 2 aromatic carbocycles. The van der Waals surface area contributed by atoms with Crippen molar-refractivity contribution in [3.8, 4) is 0 Å². The molecule has 1 N–H and O–H groups in total. The lowest BCUT2D eigenvalue weighted by Crippen LogP contribution is -2.30. The van der Waals surface area contributed by atoms with E-state index >= 15 is 0 Å². The first-order valence-electron chi connectivity index (χ1n) is 7.65. The molecule has 0 spiro atoms. The summed E-state index contributed by atoms with van der Waals surface area (Å²) in [5.74, 6) is -0.276. The number of aryl methyl sites for hydroxylation is 2. The molecule has 0 bridgehead atoms. The van der Waals surface area contributed by atoms with E-state index < -0.39 is 4.92 Å². The lowest BCUT2D eigenvalue weighted by atomic mass is 10.1. The minimum absolute atomic E-state index is 0.0930. The summed E-state index contributed by atoms with van der Waals surface area (Å²) in [4.78, 5) is 24.7. The van der Waals surface area contributed by atoms with E-state index in [9.17, 15) is 14.9 Å². The van der Waals surface area contributed by atoms with Gasteiger partial charge in [0.1, 0.15) is 5.69 Å². The Bertz CT molecular complexity index is 742. The van der Waals surface area contributed by atoms with E-state index in [4.69, 9.17) is 0 Å². The van der Waals surface area contributed by atoms with E-state index in [-0.39, 0.29) is 23.8 Å². The van der Waals surface area contributed by atoms with E-state index in [0.717, 1.165) is 5.56 Å². The highest BCUT2D eigenvalue weighted by Crippen LogP contribution is 2.27. The first kappa shape index (κ1) is 17.6. The van der Waals surface area contributed by atoms with Crippen LogP contribution < -0.4 is 5.32 Å². The molecule has 0 aliphatic heterocycles. The Balaban J connectivity index is 2.00. The molecule has 0 aromatic heterocycles. The fourth-order valence-corrected chi connectivity index (χ4v) is 2.45. The van der Waals surface area contributed by atoms with Crippen LogP contribution in [0.1, 0.15) is 16.7 Å². The molecule has 0 radical (unpaired) electrons. The average molecular weight is 327 g/mol. The van der Waals surface area contributed by atoms with Crippen LogP contribution in [-0.2, 0) is 11.3 Å². The number of nitrogens with zero attached hydrogens (tertiary/aromatic N) is 2. The van der Waals surface area contributed by atoms with Gasteiger partial charge in [0.25, 0.3) is 5.69 Å². The number of hydrogen-bond donors (Lipinski definition) is 1. The number of amides is 1. The second-order valence-electron chi connectivity index (χ2n) is 5.93. The van der Waals surface area contributed by atoms with E-state index in [1.54, 1.807) is 19.1 Å². The minimum atomic E-state index is -0.487. The smallest absolute Gasteiger partial charge is 0.293 e. The maximum absolute atomic E-state index is 12.2. The second-order valence-corrected chi connectivity index (χ2v) is 5.93. The van der Waals surface area contributed by atoms with Gasteiger partial charge in [0.2, 0.25) is 5.91 Å². The summed E-state index contributed by atoms with van der Waals surface area (Å²) in [6.07, 6.45) is 0. The summed E-state index contributed by atoms with van der Waals surface area (Å²) in [5.41, 5.74) is 3.13. The Labute approximate surface area is 141 Å². The van der Waals surface area contributed by atoms with Crippen molar-refractivity contribution in [3.05, 3.63) is 69.3 Å². The molecule has 0 saturated carbocycles.